The van der Waals surface area contributed by atoms with Gasteiger partial charge in [0.25, 0.3) is 11.8 Å². The second-order valence-electron chi connectivity index (χ2n) is 9.30. The number of nitrogen functional groups attached to an aromatic ring is 1. The first-order chi connectivity index (χ1) is 19.7. The molecule has 1 atom stereocenters. The van der Waals surface area contributed by atoms with Crippen LogP contribution in [-0.2, 0) is 11.3 Å². The maximum Gasteiger partial charge on any atom is 0.273 e. The van der Waals surface area contributed by atoms with Crippen molar-refractivity contribution in [2.24, 2.45) is 5.73 Å². The molecule has 4 rings (SSSR count). The van der Waals surface area contributed by atoms with Crippen LogP contribution in [0.25, 0.3) is 0 Å². The van der Waals surface area contributed by atoms with Crippen LogP contribution in [0, 0.1) is 13.8 Å². The minimum Gasteiger partial charge on any atom is -0.493 e. The summed E-state index contributed by atoms with van der Waals surface area (Å²) < 4.78 is 14.9. The lowest BCUT2D eigenvalue weighted by Gasteiger charge is -2.32. The van der Waals surface area contributed by atoms with E-state index in [4.69, 9.17) is 20.9 Å². The maximum atomic E-state index is 14.3. The van der Waals surface area contributed by atoms with Crippen molar-refractivity contribution in [2.45, 2.75) is 26.4 Å². The predicted octanol–water partition coefficient (Wildman–Crippen LogP) is 4.16. The molecular formula is C30H31N5O5S. The van der Waals surface area contributed by atoms with Crippen molar-refractivity contribution < 1.29 is 23.9 Å². The molecule has 3 aromatic carbocycles. The van der Waals surface area contributed by atoms with Gasteiger partial charge in [0.15, 0.2) is 17.2 Å². The summed E-state index contributed by atoms with van der Waals surface area (Å²) >= 11 is 0.748. The molecule has 0 radical (unpaired) electrons. The molecule has 0 aliphatic rings. The summed E-state index contributed by atoms with van der Waals surface area (Å²) in [6.45, 7) is 4.09. The smallest absolute Gasteiger partial charge is 0.273 e. The lowest BCUT2D eigenvalue weighted by molar-refractivity contribution is -0.122. The van der Waals surface area contributed by atoms with Gasteiger partial charge < -0.3 is 26.3 Å². The van der Waals surface area contributed by atoms with E-state index < -0.39 is 23.8 Å². The number of aryl methyl sites for hydroxylation is 2. The number of hydrogen-bond donors (Lipinski definition) is 3. The Balaban J connectivity index is 1.90. The number of primary amides is 1. The minimum atomic E-state index is -1.17. The quantitative estimate of drug-likeness (QED) is 0.258. The number of methoxy groups -OCH3 is 2. The average molecular weight is 574 g/mol. The van der Waals surface area contributed by atoms with E-state index in [0.29, 0.717) is 22.7 Å². The number of hydrogen-bond acceptors (Lipinski definition) is 8. The Morgan fingerprint density at radius 3 is 2.27 bits per heavy atom. The van der Waals surface area contributed by atoms with E-state index in [9.17, 15) is 14.4 Å². The molecule has 0 aliphatic carbocycles. The number of carbonyl (C=O) groups is 3. The van der Waals surface area contributed by atoms with Crippen molar-refractivity contribution in [3.05, 3.63) is 99.6 Å². The topological polar surface area (TPSA) is 150 Å². The van der Waals surface area contributed by atoms with Gasteiger partial charge in [-0.25, -0.2) is 0 Å². The minimum absolute atomic E-state index is 0.0154. The molecule has 3 amide bonds. The molecule has 1 aromatic heterocycles. The fraction of sp³-hybridized carbons (Fsp3) is 0.200. The molecule has 1 heterocycles. The Labute approximate surface area is 242 Å². The van der Waals surface area contributed by atoms with Crippen molar-refractivity contribution in [1.29, 1.82) is 0 Å². The van der Waals surface area contributed by atoms with E-state index in [1.807, 2.05) is 56.3 Å². The van der Waals surface area contributed by atoms with Gasteiger partial charge in [-0.1, -0.05) is 42.5 Å². The van der Waals surface area contributed by atoms with Gasteiger partial charge in [-0.05, 0) is 71.9 Å². The number of amides is 3. The molecule has 41 heavy (non-hydrogen) atoms. The SMILES string of the molecule is COc1ccc(C(C(=O)NCc2ccccc2)N(C(=O)c2snc(C(N)=O)c2N)c2ccc(C)c(C)c2)cc1OC. The van der Waals surface area contributed by atoms with Crippen molar-refractivity contribution >= 4 is 40.6 Å². The summed E-state index contributed by atoms with van der Waals surface area (Å²) in [5.41, 5.74) is 14.9. The van der Waals surface area contributed by atoms with Gasteiger partial charge in [0.1, 0.15) is 10.9 Å². The van der Waals surface area contributed by atoms with Crippen LogP contribution in [0.5, 0.6) is 11.5 Å². The molecule has 0 saturated heterocycles. The highest BCUT2D eigenvalue weighted by Crippen LogP contribution is 2.37. The zero-order valence-corrected chi connectivity index (χ0v) is 24.0. The van der Waals surface area contributed by atoms with Gasteiger partial charge in [0.2, 0.25) is 5.91 Å². The van der Waals surface area contributed by atoms with Crippen LogP contribution in [0.1, 0.15) is 48.5 Å². The summed E-state index contributed by atoms with van der Waals surface area (Å²) in [7, 11) is 3.00. The van der Waals surface area contributed by atoms with Gasteiger partial charge >= 0.3 is 0 Å². The van der Waals surface area contributed by atoms with Gasteiger partial charge in [0, 0.05) is 12.2 Å². The molecule has 212 valence electrons. The van der Waals surface area contributed by atoms with Crippen LogP contribution >= 0.6 is 11.5 Å². The van der Waals surface area contributed by atoms with Crippen LogP contribution in [-0.4, -0.2) is 36.3 Å². The monoisotopic (exact) mass is 573 g/mol. The maximum absolute atomic E-state index is 14.3. The number of aromatic nitrogens is 1. The number of nitrogens with one attached hydrogen (secondary N) is 1. The zero-order valence-electron chi connectivity index (χ0n) is 23.1. The highest BCUT2D eigenvalue weighted by atomic mass is 32.1. The fourth-order valence-electron chi connectivity index (χ4n) is 4.32. The summed E-state index contributed by atoms with van der Waals surface area (Å²) in [6, 6.07) is 18.7. The highest BCUT2D eigenvalue weighted by Gasteiger charge is 2.36. The molecule has 0 fully saturated rings. The lowest BCUT2D eigenvalue weighted by atomic mass is 10.0. The molecule has 5 N–H and O–H groups in total. The molecule has 0 bridgehead atoms. The normalized spacial score (nSPS) is 11.4. The molecule has 0 aliphatic heterocycles. The molecule has 4 aromatic rings. The van der Waals surface area contributed by atoms with Crippen molar-refractivity contribution in [1.82, 2.24) is 9.69 Å². The van der Waals surface area contributed by atoms with E-state index in [1.54, 1.807) is 24.3 Å². The first kappa shape index (κ1) is 29.1. The molecule has 11 heteroatoms. The van der Waals surface area contributed by atoms with Gasteiger partial charge in [-0.2, -0.15) is 4.37 Å². The van der Waals surface area contributed by atoms with Crippen LogP contribution in [0.3, 0.4) is 0 Å². The Kier molecular flexibility index (Phi) is 8.88. The number of anilines is 2. The number of carbonyl (C=O) groups excluding carboxylic acids is 3. The number of rotatable bonds is 10. The van der Waals surface area contributed by atoms with E-state index in [1.165, 1.54) is 19.1 Å². The van der Waals surface area contributed by atoms with Crippen molar-refractivity contribution in [3.63, 3.8) is 0 Å². The Bertz CT molecular complexity index is 1590. The molecule has 1 unspecified atom stereocenters. The van der Waals surface area contributed by atoms with Gasteiger partial charge in [-0.3, -0.25) is 19.3 Å². The van der Waals surface area contributed by atoms with E-state index in [-0.39, 0.29) is 22.8 Å². The first-order valence-corrected chi connectivity index (χ1v) is 13.4. The largest absolute Gasteiger partial charge is 0.493 e. The number of nitrogens with zero attached hydrogens (tertiary/aromatic N) is 2. The summed E-state index contributed by atoms with van der Waals surface area (Å²) in [5, 5.41) is 2.96. The third kappa shape index (κ3) is 6.15. The van der Waals surface area contributed by atoms with Crippen LogP contribution in [0.15, 0.2) is 66.7 Å². The van der Waals surface area contributed by atoms with Crippen LogP contribution in [0.4, 0.5) is 11.4 Å². The lowest BCUT2D eigenvalue weighted by Crippen LogP contribution is -2.44. The standard InChI is InChI=1S/C30H31N5O5S/c1-17-10-12-21(14-18(17)2)35(30(38)27-24(31)25(28(32)36)34-41-27)26(20-11-13-22(39-3)23(15-20)40-4)29(37)33-16-19-8-6-5-7-9-19/h5-15,26H,16,31H2,1-4H3,(H2,32,36)(H,33,37). The average Bonchev–Trinajstić information content (AvgIpc) is 3.37. The molecule has 0 saturated carbocycles. The summed E-state index contributed by atoms with van der Waals surface area (Å²) in [6.07, 6.45) is 0. The molecular weight excluding hydrogens is 542 g/mol. The number of benzene rings is 3. The molecule has 0 spiro atoms. The van der Waals surface area contributed by atoms with Crippen LogP contribution in [0.2, 0.25) is 0 Å². The van der Waals surface area contributed by atoms with Gasteiger partial charge in [0.05, 0.1) is 19.9 Å². The fourth-order valence-corrected chi connectivity index (χ4v) is 5.06. The van der Waals surface area contributed by atoms with Crippen LogP contribution < -0.4 is 31.2 Å². The second-order valence-corrected chi connectivity index (χ2v) is 10.1. The third-order valence-electron chi connectivity index (χ3n) is 6.68. The second kappa shape index (κ2) is 12.5. The Hall–Kier alpha value is -4.90. The highest BCUT2D eigenvalue weighted by molar-refractivity contribution is 7.09. The molecule has 10 nitrogen and oxygen atoms in total. The number of nitrogens with two attached hydrogens (primary N) is 2. The van der Waals surface area contributed by atoms with Gasteiger partial charge in [-0.15, -0.1) is 0 Å². The van der Waals surface area contributed by atoms with E-state index >= 15 is 0 Å². The summed E-state index contributed by atoms with van der Waals surface area (Å²) in [5.74, 6) is -1.09. The van der Waals surface area contributed by atoms with E-state index in [2.05, 4.69) is 9.69 Å². The van der Waals surface area contributed by atoms with Crippen molar-refractivity contribution in [3.8, 4) is 11.5 Å². The Morgan fingerprint density at radius 2 is 1.66 bits per heavy atom. The zero-order chi connectivity index (χ0) is 29.7. The predicted molar refractivity (Wildman–Crippen MR) is 158 cm³/mol. The third-order valence-corrected chi connectivity index (χ3v) is 7.53. The summed E-state index contributed by atoms with van der Waals surface area (Å²) in [4.78, 5) is 41.6. The van der Waals surface area contributed by atoms with E-state index in [0.717, 1.165) is 28.2 Å². The Morgan fingerprint density at radius 1 is 0.951 bits per heavy atom. The first-order valence-electron chi connectivity index (χ1n) is 12.7. The van der Waals surface area contributed by atoms with Crippen molar-refractivity contribution in [2.75, 3.05) is 24.9 Å². The number of ether oxygens (including phenoxy) is 2.